The zero-order valence-electron chi connectivity index (χ0n) is 8.54. The lowest BCUT2D eigenvalue weighted by atomic mass is 10.0. The van der Waals surface area contributed by atoms with Crippen LogP contribution in [0.3, 0.4) is 0 Å². The molecule has 1 aliphatic heterocycles. The largest absolute Gasteiger partial charge is 0.383 e. The highest BCUT2D eigenvalue weighted by molar-refractivity contribution is 6.21. The second kappa shape index (κ2) is 3.39. The molecular formula is C12H15ClN2. The SMILES string of the molecule is NC1CNc2ccc(C(Cl)C3CC3)cc21. The Morgan fingerprint density at radius 2 is 2.20 bits per heavy atom. The van der Waals surface area contributed by atoms with Crippen molar-refractivity contribution in [1.82, 2.24) is 0 Å². The zero-order valence-corrected chi connectivity index (χ0v) is 9.30. The van der Waals surface area contributed by atoms with Crippen molar-refractivity contribution >= 4 is 17.3 Å². The molecule has 2 atom stereocenters. The van der Waals surface area contributed by atoms with Gasteiger partial charge in [-0.1, -0.05) is 12.1 Å². The molecule has 80 valence electrons. The van der Waals surface area contributed by atoms with E-state index in [4.69, 9.17) is 17.3 Å². The summed E-state index contributed by atoms with van der Waals surface area (Å²) in [7, 11) is 0. The van der Waals surface area contributed by atoms with E-state index in [1.165, 1.54) is 29.7 Å². The van der Waals surface area contributed by atoms with E-state index in [2.05, 4.69) is 23.5 Å². The Kier molecular flexibility index (Phi) is 2.15. The Balaban J connectivity index is 1.93. The van der Waals surface area contributed by atoms with Crippen molar-refractivity contribution < 1.29 is 0 Å². The minimum Gasteiger partial charge on any atom is -0.383 e. The fourth-order valence-corrected chi connectivity index (χ4v) is 2.60. The lowest BCUT2D eigenvalue weighted by Gasteiger charge is -2.11. The Bertz CT molecular complexity index is 387. The molecule has 2 nitrogen and oxygen atoms in total. The minimum atomic E-state index is 0.128. The predicted octanol–water partition coefficient (Wildman–Crippen LogP) is 2.80. The molecule has 2 aliphatic rings. The highest BCUT2D eigenvalue weighted by atomic mass is 35.5. The van der Waals surface area contributed by atoms with E-state index < -0.39 is 0 Å². The van der Waals surface area contributed by atoms with Crippen LogP contribution in [0.2, 0.25) is 0 Å². The maximum absolute atomic E-state index is 6.39. The van der Waals surface area contributed by atoms with Crippen LogP contribution < -0.4 is 11.1 Å². The normalized spacial score (nSPS) is 25.9. The van der Waals surface area contributed by atoms with E-state index in [0.29, 0.717) is 5.92 Å². The molecule has 3 N–H and O–H groups in total. The van der Waals surface area contributed by atoms with Crippen LogP contribution in [0, 0.1) is 5.92 Å². The highest BCUT2D eigenvalue weighted by Crippen LogP contribution is 2.46. The summed E-state index contributed by atoms with van der Waals surface area (Å²) in [6.45, 7) is 0.842. The third-order valence-electron chi connectivity index (χ3n) is 3.34. The minimum absolute atomic E-state index is 0.128. The molecular weight excluding hydrogens is 208 g/mol. The van der Waals surface area contributed by atoms with Gasteiger partial charge in [-0.25, -0.2) is 0 Å². The van der Waals surface area contributed by atoms with Crippen molar-refractivity contribution in [3.63, 3.8) is 0 Å². The average molecular weight is 223 g/mol. The topological polar surface area (TPSA) is 38.0 Å². The smallest absolute Gasteiger partial charge is 0.0613 e. The van der Waals surface area contributed by atoms with Crippen molar-refractivity contribution in [3.8, 4) is 0 Å². The summed E-state index contributed by atoms with van der Waals surface area (Å²) in [5.41, 5.74) is 9.63. The molecule has 0 aromatic heterocycles. The van der Waals surface area contributed by atoms with Crippen molar-refractivity contribution in [2.75, 3.05) is 11.9 Å². The molecule has 3 rings (SSSR count). The van der Waals surface area contributed by atoms with Gasteiger partial charge in [0.15, 0.2) is 0 Å². The summed E-state index contributed by atoms with van der Waals surface area (Å²) in [6, 6.07) is 6.54. The van der Waals surface area contributed by atoms with Crippen LogP contribution in [0.1, 0.15) is 35.4 Å². The first-order valence-corrected chi connectivity index (χ1v) is 5.97. The zero-order chi connectivity index (χ0) is 10.4. The molecule has 1 fully saturated rings. The van der Waals surface area contributed by atoms with Gasteiger partial charge in [-0.3, -0.25) is 0 Å². The van der Waals surface area contributed by atoms with E-state index >= 15 is 0 Å². The molecule has 1 aromatic carbocycles. The Hall–Kier alpha value is -0.730. The molecule has 0 bridgehead atoms. The number of anilines is 1. The third-order valence-corrected chi connectivity index (χ3v) is 3.95. The molecule has 0 spiro atoms. The van der Waals surface area contributed by atoms with Gasteiger partial charge in [-0.2, -0.15) is 0 Å². The maximum Gasteiger partial charge on any atom is 0.0613 e. The van der Waals surface area contributed by atoms with E-state index in [0.717, 1.165) is 6.54 Å². The number of hydrogen-bond donors (Lipinski definition) is 2. The van der Waals surface area contributed by atoms with Gasteiger partial charge in [0, 0.05) is 18.3 Å². The van der Waals surface area contributed by atoms with Crippen LogP contribution in [0.15, 0.2) is 18.2 Å². The fraction of sp³-hybridized carbons (Fsp3) is 0.500. The number of rotatable bonds is 2. The van der Waals surface area contributed by atoms with Gasteiger partial charge >= 0.3 is 0 Å². The molecule has 1 aliphatic carbocycles. The number of fused-ring (bicyclic) bond motifs is 1. The van der Waals surface area contributed by atoms with E-state index in [-0.39, 0.29) is 11.4 Å². The van der Waals surface area contributed by atoms with E-state index in [9.17, 15) is 0 Å². The van der Waals surface area contributed by atoms with Gasteiger partial charge in [-0.15, -0.1) is 11.6 Å². The first-order valence-electron chi connectivity index (χ1n) is 5.53. The number of benzene rings is 1. The van der Waals surface area contributed by atoms with Crippen molar-refractivity contribution in [1.29, 1.82) is 0 Å². The standard InChI is InChI=1S/C12H15ClN2/c13-12(7-1-2-7)8-3-4-11-9(5-8)10(14)6-15-11/h3-5,7,10,12,15H,1-2,6,14H2. The van der Waals surface area contributed by atoms with Crippen molar-refractivity contribution in [3.05, 3.63) is 29.3 Å². The molecule has 0 saturated heterocycles. The monoisotopic (exact) mass is 222 g/mol. The summed E-state index contributed by atoms with van der Waals surface area (Å²) in [6.07, 6.45) is 2.55. The predicted molar refractivity (Wildman–Crippen MR) is 63.2 cm³/mol. The second-order valence-electron chi connectivity index (χ2n) is 4.57. The van der Waals surface area contributed by atoms with Gasteiger partial charge in [0.2, 0.25) is 0 Å². The van der Waals surface area contributed by atoms with Crippen LogP contribution in [0.4, 0.5) is 5.69 Å². The lowest BCUT2D eigenvalue weighted by Crippen LogP contribution is -2.11. The first kappa shape index (κ1) is 9.49. The van der Waals surface area contributed by atoms with Gasteiger partial charge in [0.1, 0.15) is 0 Å². The summed E-state index contributed by atoms with van der Waals surface area (Å²) in [5.74, 6) is 0.690. The van der Waals surface area contributed by atoms with Crippen molar-refractivity contribution in [2.45, 2.75) is 24.3 Å². The number of nitrogens with one attached hydrogen (secondary N) is 1. The summed E-state index contributed by atoms with van der Waals surface area (Å²) >= 11 is 6.39. The van der Waals surface area contributed by atoms with Crippen LogP contribution in [-0.4, -0.2) is 6.54 Å². The van der Waals surface area contributed by atoms with E-state index in [1.807, 2.05) is 0 Å². The molecule has 1 saturated carbocycles. The molecule has 0 amide bonds. The number of alkyl halides is 1. The average Bonchev–Trinajstić information content (AvgIpc) is 3.04. The molecule has 2 unspecified atom stereocenters. The summed E-state index contributed by atoms with van der Waals surface area (Å²) in [5, 5.41) is 3.48. The third kappa shape index (κ3) is 1.62. The van der Waals surface area contributed by atoms with Gasteiger partial charge in [0.05, 0.1) is 5.38 Å². The Morgan fingerprint density at radius 1 is 1.40 bits per heavy atom. The van der Waals surface area contributed by atoms with Gasteiger partial charge < -0.3 is 11.1 Å². The number of hydrogen-bond acceptors (Lipinski definition) is 2. The Labute approximate surface area is 94.8 Å². The van der Waals surface area contributed by atoms with Gasteiger partial charge in [0.25, 0.3) is 0 Å². The summed E-state index contributed by atoms with van der Waals surface area (Å²) < 4.78 is 0. The molecule has 15 heavy (non-hydrogen) atoms. The number of halogens is 1. The molecule has 1 aromatic rings. The van der Waals surface area contributed by atoms with Crippen LogP contribution in [-0.2, 0) is 0 Å². The molecule has 1 heterocycles. The lowest BCUT2D eigenvalue weighted by molar-refractivity contribution is 0.782. The molecule has 3 heteroatoms. The Morgan fingerprint density at radius 3 is 2.93 bits per heavy atom. The van der Waals surface area contributed by atoms with E-state index in [1.54, 1.807) is 0 Å². The van der Waals surface area contributed by atoms with Crippen LogP contribution >= 0.6 is 11.6 Å². The van der Waals surface area contributed by atoms with Crippen molar-refractivity contribution in [2.24, 2.45) is 11.7 Å². The maximum atomic E-state index is 6.39. The highest BCUT2D eigenvalue weighted by Gasteiger charge is 2.31. The summed E-state index contributed by atoms with van der Waals surface area (Å²) in [4.78, 5) is 0. The van der Waals surface area contributed by atoms with Crippen LogP contribution in [0.5, 0.6) is 0 Å². The number of nitrogens with two attached hydrogens (primary N) is 1. The molecule has 0 radical (unpaired) electrons. The van der Waals surface area contributed by atoms with Crippen LogP contribution in [0.25, 0.3) is 0 Å². The fourth-order valence-electron chi connectivity index (χ4n) is 2.21. The second-order valence-corrected chi connectivity index (χ2v) is 5.04. The first-order chi connectivity index (χ1) is 7.25. The quantitative estimate of drug-likeness (QED) is 0.756. The van der Waals surface area contributed by atoms with Gasteiger partial charge in [-0.05, 0) is 36.0 Å².